The van der Waals surface area contributed by atoms with E-state index in [4.69, 9.17) is 23.5 Å². The number of nitrogens with zero attached hydrogens (tertiary/aromatic N) is 1. The Morgan fingerprint density at radius 2 is 1.61 bits per heavy atom. The number of methoxy groups -OCH3 is 3. The van der Waals surface area contributed by atoms with Crippen LogP contribution in [0.1, 0.15) is 21.6 Å². The smallest absolute Gasteiger partial charge is 0.343 e. The summed E-state index contributed by atoms with van der Waals surface area (Å²) in [5.41, 5.74) is 2.61. The Morgan fingerprint density at radius 3 is 2.32 bits per heavy atom. The molecule has 1 heterocycles. The van der Waals surface area contributed by atoms with E-state index in [1.165, 1.54) is 14.2 Å². The lowest BCUT2D eigenvalue weighted by atomic mass is 10.1. The van der Waals surface area contributed by atoms with Crippen LogP contribution in [-0.2, 0) is 6.42 Å². The van der Waals surface area contributed by atoms with Gasteiger partial charge in [0, 0.05) is 29.5 Å². The molecular weight excluding hydrogens is 398 g/mol. The zero-order valence-corrected chi connectivity index (χ0v) is 17.4. The van der Waals surface area contributed by atoms with Crippen LogP contribution in [0.3, 0.4) is 0 Å². The predicted octanol–water partition coefficient (Wildman–Crippen LogP) is 4.66. The Labute approximate surface area is 179 Å². The minimum absolute atomic E-state index is 0.311. The van der Waals surface area contributed by atoms with Crippen molar-refractivity contribution < 1.29 is 28.3 Å². The third-order valence-electron chi connectivity index (χ3n) is 4.87. The van der Waals surface area contributed by atoms with E-state index in [1.54, 1.807) is 37.4 Å². The number of benzene rings is 3. The minimum atomic E-state index is -0.537. The van der Waals surface area contributed by atoms with Crippen LogP contribution >= 0.6 is 0 Å². The van der Waals surface area contributed by atoms with Crippen LogP contribution in [0.2, 0.25) is 0 Å². The Bertz CT molecular complexity index is 1210. The van der Waals surface area contributed by atoms with E-state index in [-0.39, 0.29) is 0 Å². The zero-order valence-electron chi connectivity index (χ0n) is 17.4. The highest BCUT2D eigenvalue weighted by Gasteiger charge is 2.16. The van der Waals surface area contributed by atoms with Gasteiger partial charge in [-0.1, -0.05) is 23.4 Å². The number of aromatic nitrogens is 1. The average molecular weight is 419 g/mol. The Kier molecular flexibility index (Phi) is 5.75. The van der Waals surface area contributed by atoms with Crippen molar-refractivity contribution in [1.82, 2.24) is 5.16 Å². The van der Waals surface area contributed by atoms with Gasteiger partial charge in [-0.2, -0.15) is 0 Å². The Morgan fingerprint density at radius 1 is 0.871 bits per heavy atom. The highest BCUT2D eigenvalue weighted by molar-refractivity contribution is 5.92. The number of hydrogen-bond donors (Lipinski definition) is 0. The fourth-order valence-corrected chi connectivity index (χ4v) is 3.28. The van der Waals surface area contributed by atoms with Gasteiger partial charge >= 0.3 is 5.97 Å². The molecule has 0 unspecified atom stereocenters. The van der Waals surface area contributed by atoms with Gasteiger partial charge in [0.1, 0.15) is 23.0 Å². The molecule has 7 nitrogen and oxygen atoms in total. The van der Waals surface area contributed by atoms with Crippen LogP contribution < -0.4 is 18.9 Å². The molecule has 0 bridgehead atoms. The highest BCUT2D eigenvalue weighted by Crippen LogP contribution is 2.29. The first-order valence-electron chi connectivity index (χ1n) is 9.56. The zero-order chi connectivity index (χ0) is 21.8. The summed E-state index contributed by atoms with van der Waals surface area (Å²) >= 11 is 0. The summed E-state index contributed by atoms with van der Waals surface area (Å²) in [5, 5.41) is 5.03. The minimum Gasteiger partial charge on any atom is -0.497 e. The quantitative estimate of drug-likeness (QED) is 0.318. The lowest BCUT2D eigenvalue weighted by Gasteiger charge is -2.08. The molecule has 0 aliphatic heterocycles. The Balaban J connectivity index is 1.56. The average Bonchev–Trinajstić information content (AvgIpc) is 3.20. The second-order valence-corrected chi connectivity index (χ2v) is 6.77. The maximum Gasteiger partial charge on any atom is 0.343 e. The summed E-state index contributed by atoms with van der Waals surface area (Å²) in [4.78, 5) is 12.6. The van der Waals surface area contributed by atoms with Gasteiger partial charge in [0.25, 0.3) is 0 Å². The van der Waals surface area contributed by atoms with Crippen molar-refractivity contribution in [3.63, 3.8) is 0 Å². The van der Waals surface area contributed by atoms with Crippen molar-refractivity contribution in [2.75, 3.05) is 21.3 Å². The van der Waals surface area contributed by atoms with Gasteiger partial charge in [0.05, 0.1) is 32.6 Å². The monoisotopic (exact) mass is 419 g/mol. The van der Waals surface area contributed by atoms with Crippen LogP contribution in [0, 0.1) is 0 Å². The third kappa shape index (κ3) is 4.30. The van der Waals surface area contributed by atoms with Crippen LogP contribution in [0.15, 0.2) is 65.2 Å². The van der Waals surface area contributed by atoms with E-state index in [0.29, 0.717) is 34.8 Å². The van der Waals surface area contributed by atoms with Gasteiger partial charge in [0.15, 0.2) is 5.58 Å². The number of hydrogen-bond acceptors (Lipinski definition) is 7. The van der Waals surface area contributed by atoms with E-state index in [0.717, 1.165) is 22.4 Å². The number of ether oxygens (including phenoxy) is 4. The van der Waals surface area contributed by atoms with Gasteiger partial charge in [-0.25, -0.2) is 4.79 Å². The molecule has 4 rings (SSSR count). The molecule has 0 radical (unpaired) electrons. The first-order valence-corrected chi connectivity index (χ1v) is 9.56. The molecule has 0 fully saturated rings. The molecule has 0 atom stereocenters. The van der Waals surface area contributed by atoms with Gasteiger partial charge in [0.2, 0.25) is 0 Å². The summed E-state index contributed by atoms with van der Waals surface area (Å²) in [5.74, 6) is 1.60. The molecule has 0 saturated heterocycles. The summed E-state index contributed by atoms with van der Waals surface area (Å²) in [6.45, 7) is 0. The van der Waals surface area contributed by atoms with E-state index < -0.39 is 5.97 Å². The molecule has 0 amide bonds. The number of carbonyl (C=O) groups is 1. The lowest BCUT2D eigenvalue weighted by molar-refractivity contribution is 0.0734. The molecule has 0 saturated carbocycles. The molecule has 0 aliphatic rings. The second-order valence-electron chi connectivity index (χ2n) is 6.77. The number of para-hydroxylation sites is 1. The summed E-state index contributed by atoms with van der Waals surface area (Å²) < 4.78 is 26.8. The van der Waals surface area contributed by atoms with Crippen molar-refractivity contribution >= 4 is 16.9 Å². The third-order valence-corrected chi connectivity index (χ3v) is 4.87. The predicted molar refractivity (Wildman–Crippen MR) is 114 cm³/mol. The molecule has 31 heavy (non-hydrogen) atoms. The lowest BCUT2D eigenvalue weighted by Crippen LogP contribution is -2.09. The summed E-state index contributed by atoms with van der Waals surface area (Å²) in [6, 6.07) is 17.8. The Hall–Kier alpha value is -4.00. The van der Waals surface area contributed by atoms with Crippen LogP contribution in [0.5, 0.6) is 23.0 Å². The number of rotatable bonds is 7. The maximum absolute atomic E-state index is 12.6. The second kappa shape index (κ2) is 8.79. The molecule has 3 aromatic carbocycles. The van der Waals surface area contributed by atoms with Gasteiger partial charge in [-0.3, -0.25) is 0 Å². The van der Waals surface area contributed by atoms with Crippen molar-refractivity contribution in [2.24, 2.45) is 0 Å². The molecule has 0 aliphatic carbocycles. The van der Waals surface area contributed by atoms with E-state index in [9.17, 15) is 4.79 Å². The molecule has 0 spiro atoms. The topological polar surface area (TPSA) is 80.0 Å². The first kappa shape index (κ1) is 20.3. The number of fused-ring (bicyclic) bond motifs is 1. The standard InChI is InChI=1S/C24H21NO6/c1-27-18-10-16(11-19(13-18)28-2)24(26)30-17-8-9-20-21(25-31-23(20)14-17)12-15-6-4-5-7-22(15)29-3/h4-11,13-14H,12H2,1-3H3. The molecule has 7 heteroatoms. The SMILES string of the molecule is COc1cc(OC)cc(C(=O)Oc2ccc3c(Cc4ccccc4OC)noc3c2)c1. The van der Waals surface area contributed by atoms with Crippen LogP contribution in [0.25, 0.3) is 11.0 Å². The normalized spacial score (nSPS) is 10.7. The first-order chi connectivity index (χ1) is 15.1. The summed E-state index contributed by atoms with van der Waals surface area (Å²) in [6.07, 6.45) is 0.555. The molecule has 1 aromatic heterocycles. The van der Waals surface area contributed by atoms with Crippen molar-refractivity contribution in [3.8, 4) is 23.0 Å². The van der Waals surface area contributed by atoms with E-state index in [2.05, 4.69) is 5.16 Å². The molecule has 4 aromatic rings. The molecular formula is C24H21NO6. The van der Waals surface area contributed by atoms with Crippen LogP contribution in [0.4, 0.5) is 0 Å². The molecule has 0 N–H and O–H groups in total. The largest absolute Gasteiger partial charge is 0.497 e. The fourth-order valence-electron chi connectivity index (χ4n) is 3.28. The van der Waals surface area contributed by atoms with E-state index >= 15 is 0 Å². The van der Waals surface area contributed by atoms with Gasteiger partial charge < -0.3 is 23.5 Å². The van der Waals surface area contributed by atoms with Crippen molar-refractivity contribution in [3.05, 3.63) is 77.5 Å². The highest BCUT2D eigenvalue weighted by atomic mass is 16.5. The van der Waals surface area contributed by atoms with E-state index in [1.807, 2.05) is 30.3 Å². The summed E-state index contributed by atoms with van der Waals surface area (Å²) in [7, 11) is 4.67. The van der Waals surface area contributed by atoms with Gasteiger partial charge in [-0.15, -0.1) is 0 Å². The maximum atomic E-state index is 12.6. The molecule has 158 valence electrons. The van der Waals surface area contributed by atoms with Crippen molar-refractivity contribution in [1.29, 1.82) is 0 Å². The number of carbonyl (C=O) groups excluding carboxylic acids is 1. The number of esters is 1. The fraction of sp³-hybridized carbons (Fsp3) is 0.167. The van der Waals surface area contributed by atoms with Crippen molar-refractivity contribution in [2.45, 2.75) is 6.42 Å². The van der Waals surface area contributed by atoms with Gasteiger partial charge in [-0.05, 0) is 30.3 Å². The van der Waals surface area contributed by atoms with Crippen LogP contribution in [-0.4, -0.2) is 32.5 Å².